The highest BCUT2D eigenvalue weighted by Gasteiger charge is 2.25. The van der Waals surface area contributed by atoms with Gasteiger partial charge in [-0.2, -0.15) is 0 Å². The fraction of sp³-hybridized carbons (Fsp3) is 0.867. The summed E-state index contributed by atoms with van der Waals surface area (Å²) in [4.78, 5) is 0. The highest BCUT2D eigenvalue weighted by atomic mass is 14.9. The van der Waals surface area contributed by atoms with Crippen molar-refractivity contribution < 1.29 is 0 Å². The van der Waals surface area contributed by atoms with E-state index in [0.717, 1.165) is 18.4 Å². The van der Waals surface area contributed by atoms with Gasteiger partial charge in [0.05, 0.1) is 6.04 Å². The highest BCUT2D eigenvalue weighted by Crippen LogP contribution is 2.33. The zero-order chi connectivity index (χ0) is 11.8. The van der Waals surface area contributed by atoms with Crippen molar-refractivity contribution in [3.8, 4) is 12.3 Å². The first kappa shape index (κ1) is 13.6. The van der Waals surface area contributed by atoms with Gasteiger partial charge in [-0.15, -0.1) is 6.42 Å². The molecule has 1 saturated carbocycles. The normalized spacial score (nSPS) is 27.3. The summed E-state index contributed by atoms with van der Waals surface area (Å²) in [5, 5.41) is 3.42. The summed E-state index contributed by atoms with van der Waals surface area (Å²) in [7, 11) is 0. The minimum Gasteiger partial charge on any atom is -0.304 e. The highest BCUT2D eigenvalue weighted by molar-refractivity contribution is 5.02. The molecule has 1 nitrogen and oxygen atoms in total. The molecule has 0 amide bonds. The van der Waals surface area contributed by atoms with E-state index in [9.17, 15) is 0 Å². The molecule has 0 aromatic rings. The summed E-state index contributed by atoms with van der Waals surface area (Å²) in [5.74, 6) is 4.63. The first-order valence-electron chi connectivity index (χ1n) is 7.01. The summed E-state index contributed by atoms with van der Waals surface area (Å²) >= 11 is 0. The Labute approximate surface area is 101 Å². The Morgan fingerprint density at radius 2 is 1.94 bits per heavy atom. The molecule has 0 aromatic heterocycles. The van der Waals surface area contributed by atoms with Crippen molar-refractivity contribution in [2.75, 3.05) is 6.54 Å². The van der Waals surface area contributed by atoms with Gasteiger partial charge in [0, 0.05) is 0 Å². The van der Waals surface area contributed by atoms with E-state index in [-0.39, 0.29) is 0 Å². The van der Waals surface area contributed by atoms with Gasteiger partial charge in [0.1, 0.15) is 0 Å². The van der Waals surface area contributed by atoms with Crippen LogP contribution in [0.1, 0.15) is 58.8 Å². The molecule has 0 aliphatic heterocycles. The minimum absolute atomic E-state index is 0.317. The van der Waals surface area contributed by atoms with Gasteiger partial charge in [0.2, 0.25) is 0 Å². The maximum Gasteiger partial charge on any atom is 0.0715 e. The van der Waals surface area contributed by atoms with E-state index in [1.807, 2.05) is 0 Å². The van der Waals surface area contributed by atoms with Gasteiger partial charge in [0.15, 0.2) is 0 Å². The third-order valence-electron chi connectivity index (χ3n) is 3.93. The van der Waals surface area contributed by atoms with Crippen LogP contribution in [0.5, 0.6) is 0 Å². The maximum absolute atomic E-state index is 5.59. The monoisotopic (exact) mass is 221 g/mol. The van der Waals surface area contributed by atoms with E-state index < -0.39 is 0 Å². The van der Waals surface area contributed by atoms with Crippen molar-refractivity contribution in [2.45, 2.75) is 64.8 Å². The van der Waals surface area contributed by atoms with Crippen LogP contribution >= 0.6 is 0 Å². The Morgan fingerprint density at radius 3 is 2.44 bits per heavy atom. The maximum atomic E-state index is 5.59. The lowest BCUT2D eigenvalue weighted by molar-refractivity contribution is 0.235. The molecule has 1 fully saturated rings. The molecule has 0 radical (unpaired) electrons. The van der Waals surface area contributed by atoms with Gasteiger partial charge in [-0.05, 0) is 31.2 Å². The standard InChI is InChI=1S/C15H27N/c1-4-7-8-13-9-11-14(12-10-13)15(5-2)16-6-3/h2,13-16H,4,6-12H2,1,3H3. The van der Waals surface area contributed by atoms with Crippen molar-refractivity contribution in [1.82, 2.24) is 5.32 Å². The van der Waals surface area contributed by atoms with Crippen molar-refractivity contribution in [1.29, 1.82) is 0 Å². The van der Waals surface area contributed by atoms with Crippen LogP contribution in [0.25, 0.3) is 0 Å². The lowest BCUT2D eigenvalue weighted by atomic mass is 9.77. The second kappa shape index (κ2) is 7.74. The first-order chi connectivity index (χ1) is 7.81. The molecule has 1 aliphatic carbocycles. The molecular formula is C15H27N. The van der Waals surface area contributed by atoms with Crippen molar-refractivity contribution in [3.05, 3.63) is 0 Å². The molecule has 1 heteroatoms. The molecular weight excluding hydrogens is 194 g/mol. The molecule has 0 saturated heterocycles. The van der Waals surface area contributed by atoms with Crippen molar-refractivity contribution in [3.63, 3.8) is 0 Å². The second-order valence-corrected chi connectivity index (χ2v) is 5.13. The van der Waals surface area contributed by atoms with Crippen LogP contribution < -0.4 is 5.32 Å². The molecule has 1 rings (SSSR count). The van der Waals surface area contributed by atoms with Crippen LogP contribution in [0.15, 0.2) is 0 Å². The fourth-order valence-corrected chi connectivity index (χ4v) is 2.88. The average Bonchev–Trinajstić information content (AvgIpc) is 2.34. The van der Waals surface area contributed by atoms with E-state index in [1.165, 1.54) is 44.9 Å². The predicted molar refractivity (Wildman–Crippen MR) is 71.3 cm³/mol. The lowest BCUT2D eigenvalue weighted by Gasteiger charge is -2.32. The minimum atomic E-state index is 0.317. The van der Waals surface area contributed by atoms with E-state index in [4.69, 9.17) is 6.42 Å². The zero-order valence-electron chi connectivity index (χ0n) is 11.0. The van der Waals surface area contributed by atoms with E-state index in [1.54, 1.807) is 0 Å². The van der Waals surface area contributed by atoms with Gasteiger partial charge >= 0.3 is 0 Å². The Kier molecular flexibility index (Phi) is 6.57. The van der Waals surface area contributed by atoms with Gasteiger partial charge in [-0.25, -0.2) is 0 Å². The Hall–Kier alpha value is -0.480. The van der Waals surface area contributed by atoms with Gasteiger partial charge < -0.3 is 5.32 Å². The topological polar surface area (TPSA) is 12.0 Å². The predicted octanol–water partition coefficient (Wildman–Crippen LogP) is 3.59. The molecule has 92 valence electrons. The summed E-state index contributed by atoms with van der Waals surface area (Å²) in [5.41, 5.74) is 0. The number of hydrogen-bond donors (Lipinski definition) is 1. The van der Waals surface area contributed by atoms with Gasteiger partial charge in [-0.3, -0.25) is 0 Å². The molecule has 1 unspecified atom stereocenters. The van der Waals surface area contributed by atoms with Gasteiger partial charge in [-0.1, -0.05) is 51.9 Å². The zero-order valence-corrected chi connectivity index (χ0v) is 11.0. The summed E-state index contributed by atoms with van der Waals surface area (Å²) < 4.78 is 0. The SMILES string of the molecule is C#CC(NCC)C1CCC(CCCC)CC1. The summed E-state index contributed by atoms with van der Waals surface area (Å²) in [6.45, 7) is 5.41. The number of terminal acetylenes is 1. The molecule has 0 heterocycles. The Balaban J connectivity index is 2.28. The van der Waals surface area contributed by atoms with Crippen LogP contribution in [0.2, 0.25) is 0 Å². The summed E-state index contributed by atoms with van der Waals surface area (Å²) in [6.07, 6.45) is 15.2. The van der Waals surface area contributed by atoms with Gasteiger partial charge in [0.25, 0.3) is 0 Å². The summed E-state index contributed by atoms with van der Waals surface area (Å²) in [6, 6.07) is 0.317. The number of hydrogen-bond acceptors (Lipinski definition) is 1. The fourth-order valence-electron chi connectivity index (χ4n) is 2.88. The van der Waals surface area contributed by atoms with E-state index in [0.29, 0.717) is 6.04 Å². The van der Waals surface area contributed by atoms with Crippen LogP contribution in [-0.2, 0) is 0 Å². The number of rotatable bonds is 6. The van der Waals surface area contributed by atoms with Crippen LogP contribution in [0, 0.1) is 24.2 Å². The largest absolute Gasteiger partial charge is 0.304 e. The van der Waals surface area contributed by atoms with E-state index in [2.05, 4.69) is 25.1 Å². The molecule has 0 bridgehead atoms. The molecule has 1 N–H and O–H groups in total. The van der Waals surface area contributed by atoms with Crippen molar-refractivity contribution in [2.24, 2.45) is 11.8 Å². The molecule has 1 atom stereocenters. The molecule has 1 aliphatic rings. The van der Waals surface area contributed by atoms with Crippen molar-refractivity contribution >= 4 is 0 Å². The quantitative estimate of drug-likeness (QED) is 0.676. The molecule has 16 heavy (non-hydrogen) atoms. The smallest absolute Gasteiger partial charge is 0.0715 e. The number of nitrogens with one attached hydrogen (secondary N) is 1. The van der Waals surface area contributed by atoms with Crippen LogP contribution in [0.3, 0.4) is 0 Å². The van der Waals surface area contributed by atoms with E-state index >= 15 is 0 Å². The van der Waals surface area contributed by atoms with Crippen LogP contribution in [0.4, 0.5) is 0 Å². The number of unbranched alkanes of at least 4 members (excludes halogenated alkanes) is 1. The Morgan fingerprint density at radius 1 is 1.25 bits per heavy atom. The molecule has 0 spiro atoms. The lowest BCUT2D eigenvalue weighted by Crippen LogP contribution is -2.36. The molecule has 0 aromatic carbocycles. The second-order valence-electron chi connectivity index (χ2n) is 5.13. The third kappa shape index (κ3) is 4.18. The Bertz CT molecular complexity index is 208. The third-order valence-corrected chi connectivity index (χ3v) is 3.93. The first-order valence-corrected chi connectivity index (χ1v) is 7.01. The van der Waals surface area contributed by atoms with Crippen LogP contribution in [-0.4, -0.2) is 12.6 Å². The average molecular weight is 221 g/mol.